The Morgan fingerprint density at radius 2 is 1.75 bits per heavy atom. The van der Waals surface area contributed by atoms with Crippen molar-refractivity contribution in [2.75, 3.05) is 0 Å². The van der Waals surface area contributed by atoms with Crippen molar-refractivity contribution in [1.82, 2.24) is 0 Å². The zero-order chi connectivity index (χ0) is 23.6. The molecule has 1 unspecified atom stereocenters. The molecule has 4 nitrogen and oxygen atoms in total. The molecule has 2 aromatic rings. The number of halogens is 5. The van der Waals surface area contributed by atoms with Crippen LogP contribution in [0.1, 0.15) is 36.8 Å². The maximum atomic E-state index is 13.5. The van der Waals surface area contributed by atoms with Crippen molar-refractivity contribution in [2.45, 2.75) is 38.3 Å². The predicted octanol–water partition coefficient (Wildman–Crippen LogP) is 5.30. The summed E-state index contributed by atoms with van der Waals surface area (Å²) in [6.07, 6.45) is -2.57. The van der Waals surface area contributed by atoms with E-state index in [4.69, 9.17) is 23.2 Å². The highest BCUT2D eigenvalue weighted by atomic mass is 35.5. The number of rotatable bonds is 8. The monoisotopic (exact) mass is 488 g/mol. The van der Waals surface area contributed by atoms with Crippen molar-refractivity contribution in [3.05, 3.63) is 63.6 Å². The first-order chi connectivity index (χ1) is 15.0. The van der Waals surface area contributed by atoms with Gasteiger partial charge < -0.3 is 10.2 Å². The van der Waals surface area contributed by atoms with Crippen LogP contribution in [-0.4, -0.2) is 28.3 Å². The fourth-order valence-electron chi connectivity index (χ4n) is 3.76. The summed E-state index contributed by atoms with van der Waals surface area (Å²) in [5, 5.41) is 20.7. The van der Waals surface area contributed by atoms with Gasteiger partial charge in [-0.2, -0.15) is 18.2 Å². The third-order valence-corrected chi connectivity index (χ3v) is 6.38. The van der Waals surface area contributed by atoms with Gasteiger partial charge in [0.25, 0.3) is 0 Å². The molecule has 1 aliphatic carbocycles. The average Bonchev–Trinajstić information content (AvgIpc) is 3.54. The molecule has 0 bridgehead atoms. The van der Waals surface area contributed by atoms with Crippen LogP contribution in [0.5, 0.6) is 0 Å². The molecule has 32 heavy (non-hydrogen) atoms. The number of hydrogen-bond acceptors (Lipinski definition) is 1. The van der Waals surface area contributed by atoms with Crippen molar-refractivity contribution in [3.8, 4) is 0 Å². The molecule has 3 rings (SSSR count). The Labute approximate surface area is 193 Å². The van der Waals surface area contributed by atoms with Crippen LogP contribution in [0.3, 0.4) is 0 Å². The Kier molecular flexibility index (Phi) is 7.40. The maximum absolute atomic E-state index is 13.5. The molecule has 1 saturated carbocycles. The van der Waals surface area contributed by atoms with Crippen LogP contribution in [0.25, 0.3) is 0 Å². The lowest BCUT2D eigenvalue weighted by Gasteiger charge is -2.22. The highest BCUT2D eigenvalue weighted by Gasteiger charge is 2.46. The molecule has 2 aromatic carbocycles. The molecule has 0 amide bonds. The highest BCUT2D eigenvalue weighted by Crippen LogP contribution is 2.39. The Morgan fingerprint density at radius 1 is 1.12 bits per heavy atom. The quantitative estimate of drug-likeness (QED) is 0.348. The number of carboxylic acid groups (broad SMARTS) is 1. The summed E-state index contributed by atoms with van der Waals surface area (Å²) in [7, 11) is 0. The number of aliphatic hydroxyl groups excluding tert-OH is 1. The van der Waals surface area contributed by atoms with Gasteiger partial charge in [0.05, 0.1) is 11.8 Å². The first kappa shape index (κ1) is 24.4. The van der Waals surface area contributed by atoms with E-state index < -0.39 is 35.8 Å². The highest BCUT2D eigenvalue weighted by molar-refractivity contribution is 6.32. The molecule has 0 aliphatic heterocycles. The Bertz CT molecular complexity index is 1000. The zero-order valence-corrected chi connectivity index (χ0v) is 18.7. The van der Waals surface area contributed by atoms with Crippen LogP contribution in [0.15, 0.2) is 42.5 Å². The van der Waals surface area contributed by atoms with Gasteiger partial charge in [0, 0.05) is 11.1 Å². The van der Waals surface area contributed by atoms with E-state index in [-0.39, 0.29) is 28.6 Å². The van der Waals surface area contributed by atoms with E-state index in [1.165, 1.54) is 30.3 Å². The average molecular weight is 489 g/mol. The number of aliphatic hydroxyl groups is 1. The minimum Gasteiger partial charge on any atom is -0.481 e. The van der Waals surface area contributed by atoms with Crippen LogP contribution >= 0.6 is 23.2 Å². The molecule has 0 aromatic heterocycles. The van der Waals surface area contributed by atoms with Gasteiger partial charge in [-0.3, -0.25) is 4.79 Å². The van der Waals surface area contributed by atoms with Crippen LogP contribution in [0.2, 0.25) is 10.0 Å². The Morgan fingerprint density at radius 3 is 2.28 bits per heavy atom. The van der Waals surface area contributed by atoms with Gasteiger partial charge in [-0.25, -0.2) is 0 Å². The number of nitrogens with one attached hydrogen (secondary N) is 1. The van der Waals surface area contributed by atoms with Gasteiger partial charge in [0.2, 0.25) is 5.69 Å². The molecule has 3 atom stereocenters. The summed E-state index contributed by atoms with van der Waals surface area (Å²) >= 11 is 12.1. The van der Waals surface area contributed by atoms with E-state index >= 15 is 0 Å². The maximum Gasteiger partial charge on any atom is 0.392 e. The largest absolute Gasteiger partial charge is 0.481 e. The minimum atomic E-state index is -4.56. The lowest BCUT2D eigenvalue weighted by atomic mass is 9.86. The van der Waals surface area contributed by atoms with E-state index in [0.717, 1.165) is 19.8 Å². The van der Waals surface area contributed by atoms with Gasteiger partial charge in [-0.1, -0.05) is 48.3 Å². The fourth-order valence-corrected chi connectivity index (χ4v) is 4.05. The Balaban J connectivity index is 1.96. The number of carbonyl (C=O) groups is 1. The molecule has 3 N–H and O–H groups in total. The van der Waals surface area contributed by atoms with Crippen molar-refractivity contribution < 1.29 is 33.2 Å². The topological polar surface area (TPSA) is 71.5 Å². The SMILES string of the molecule is C[C@H]([C@H](C(O)=[NH+]c1cc(CC(C(=O)O)C2CC2)ccc1Cl)c1ccc(Cl)cc1)C(F)(F)F. The molecule has 1 aliphatic rings. The molecular weight excluding hydrogens is 466 g/mol. The number of aliphatic carboxylic acids is 1. The molecule has 0 saturated heterocycles. The number of hydrogen-bond donors (Lipinski definition) is 3. The van der Waals surface area contributed by atoms with Crippen molar-refractivity contribution in [2.24, 2.45) is 17.8 Å². The van der Waals surface area contributed by atoms with E-state index in [0.29, 0.717) is 10.6 Å². The van der Waals surface area contributed by atoms with Gasteiger partial charge in [-0.05, 0) is 54.5 Å². The third kappa shape index (κ3) is 5.95. The summed E-state index contributed by atoms with van der Waals surface area (Å²) < 4.78 is 40.6. The van der Waals surface area contributed by atoms with Gasteiger partial charge in [0.15, 0.2) is 0 Å². The first-order valence-electron chi connectivity index (χ1n) is 10.1. The molecule has 0 radical (unpaired) electrons. The summed E-state index contributed by atoms with van der Waals surface area (Å²) in [6.45, 7) is 0.988. The van der Waals surface area contributed by atoms with Crippen LogP contribution in [0, 0.1) is 17.8 Å². The smallest absolute Gasteiger partial charge is 0.392 e. The lowest BCUT2D eigenvalue weighted by Crippen LogP contribution is -2.68. The fraction of sp³-hybridized carbons (Fsp3) is 0.391. The molecule has 1 fully saturated rings. The van der Waals surface area contributed by atoms with E-state index in [1.54, 1.807) is 12.1 Å². The molecule has 0 heterocycles. The standard InChI is InChI=1S/C23H22Cl2F3NO3/c1-12(23(26,27)28)20(15-5-7-16(24)8-6-15)21(30)29-19-11-13(2-9-18(19)25)10-17(22(31)32)14-3-4-14/h2,5-9,11-12,14,17,20H,3-4,10H2,1H3,(H,29,30)(H,31,32)/p+1/t12-,17?,20+/m1/s1. The summed E-state index contributed by atoms with van der Waals surface area (Å²) in [4.78, 5) is 14.2. The van der Waals surface area contributed by atoms with Gasteiger partial charge >= 0.3 is 18.0 Å². The van der Waals surface area contributed by atoms with Gasteiger partial charge in [0.1, 0.15) is 10.9 Å². The molecule has 0 spiro atoms. The van der Waals surface area contributed by atoms with E-state index in [2.05, 4.69) is 4.99 Å². The normalized spacial score (nSPS) is 17.6. The van der Waals surface area contributed by atoms with Crippen molar-refractivity contribution in [3.63, 3.8) is 0 Å². The first-order valence-corrected chi connectivity index (χ1v) is 10.9. The number of carboxylic acids is 1. The zero-order valence-electron chi connectivity index (χ0n) is 17.2. The summed E-state index contributed by atoms with van der Waals surface area (Å²) in [5.41, 5.74) is 1.10. The second-order valence-electron chi connectivity index (χ2n) is 8.17. The predicted molar refractivity (Wildman–Crippen MR) is 117 cm³/mol. The van der Waals surface area contributed by atoms with Crippen LogP contribution in [-0.2, 0) is 11.2 Å². The third-order valence-electron chi connectivity index (χ3n) is 5.80. The van der Waals surface area contributed by atoms with Gasteiger partial charge in [-0.15, -0.1) is 0 Å². The summed E-state index contributed by atoms with van der Waals surface area (Å²) in [6, 6.07) is 10.5. The lowest BCUT2D eigenvalue weighted by molar-refractivity contribution is -0.370. The molecular formula is C23H23Cl2F3NO3+. The Hall–Kier alpha value is -2.25. The summed E-state index contributed by atoms with van der Waals surface area (Å²) in [5.74, 6) is -5.22. The molecule has 172 valence electrons. The number of alkyl halides is 3. The van der Waals surface area contributed by atoms with Crippen LogP contribution < -0.4 is 4.99 Å². The second-order valence-corrected chi connectivity index (χ2v) is 9.01. The van der Waals surface area contributed by atoms with E-state index in [9.17, 15) is 28.2 Å². The van der Waals surface area contributed by atoms with Crippen molar-refractivity contribution >= 4 is 40.8 Å². The van der Waals surface area contributed by atoms with Crippen LogP contribution in [0.4, 0.5) is 18.9 Å². The molecule has 9 heteroatoms. The number of benzene rings is 2. The van der Waals surface area contributed by atoms with E-state index in [1.807, 2.05) is 0 Å². The minimum absolute atomic E-state index is 0.126. The van der Waals surface area contributed by atoms with Crippen molar-refractivity contribution in [1.29, 1.82) is 0 Å². The second kappa shape index (κ2) is 9.71.